The Morgan fingerprint density at radius 1 is 0.923 bits per heavy atom. The minimum absolute atomic E-state index is 0.421. The molecule has 3 heteroatoms. The first-order chi connectivity index (χ1) is 12.6. The SMILES string of the molecule is NC(=O)c1cccc(C=C2c3ccccc3CCc3c(Cl)cccc32)c1. The van der Waals surface area contributed by atoms with Crippen LogP contribution in [-0.4, -0.2) is 5.91 Å². The molecule has 0 heterocycles. The van der Waals surface area contributed by atoms with Crippen molar-refractivity contribution in [2.45, 2.75) is 12.8 Å². The van der Waals surface area contributed by atoms with Crippen LogP contribution in [-0.2, 0) is 12.8 Å². The lowest BCUT2D eigenvalue weighted by molar-refractivity contribution is 0.100. The molecule has 3 aromatic rings. The van der Waals surface area contributed by atoms with E-state index in [1.807, 2.05) is 30.3 Å². The highest BCUT2D eigenvalue weighted by Crippen LogP contribution is 2.37. The largest absolute Gasteiger partial charge is 0.366 e. The van der Waals surface area contributed by atoms with E-state index in [2.05, 4.69) is 36.4 Å². The number of nitrogens with two attached hydrogens (primary N) is 1. The van der Waals surface area contributed by atoms with Gasteiger partial charge in [0, 0.05) is 10.6 Å². The third-order valence-corrected chi connectivity index (χ3v) is 5.20. The number of aryl methyl sites for hydroxylation is 1. The standard InChI is InChI=1S/C23H18ClNO/c24-22-10-4-9-19-20(22)12-11-16-6-1-2-8-18(16)21(19)14-15-5-3-7-17(13-15)23(25)26/h1-10,13-14H,11-12H2,(H2,25,26). The fourth-order valence-corrected chi connectivity index (χ4v) is 3.84. The minimum atomic E-state index is -0.421. The Morgan fingerprint density at radius 2 is 1.69 bits per heavy atom. The Balaban J connectivity index is 1.96. The summed E-state index contributed by atoms with van der Waals surface area (Å²) in [5, 5.41) is 0.798. The van der Waals surface area contributed by atoms with Gasteiger partial charge in [0.15, 0.2) is 0 Å². The molecule has 0 radical (unpaired) electrons. The maximum Gasteiger partial charge on any atom is 0.248 e. The fourth-order valence-electron chi connectivity index (χ4n) is 3.57. The molecule has 4 rings (SSSR count). The van der Waals surface area contributed by atoms with Crippen molar-refractivity contribution in [3.63, 3.8) is 0 Å². The lowest BCUT2D eigenvalue weighted by Gasteiger charge is -2.13. The predicted molar refractivity (Wildman–Crippen MR) is 107 cm³/mol. The Hall–Kier alpha value is -2.84. The van der Waals surface area contributed by atoms with Crippen LogP contribution in [0.2, 0.25) is 5.02 Å². The first kappa shape index (κ1) is 16.6. The maximum atomic E-state index is 11.5. The van der Waals surface area contributed by atoms with Crippen molar-refractivity contribution in [1.82, 2.24) is 0 Å². The van der Waals surface area contributed by atoms with Gasteiger partial charge < -0.3 is 5.73 Å². The zero-order valence-corrected chi connectivity index (χ0v) is 15.0. The zero-order valence-electron chi connectivity index (χ0n) is 14.2. The van der Waals surface area contributed by atoms with E-state index in [1.54, 1.807) is 6.07 Å². The van der Waals surface area contributed by atoms with Crippen molar-refractivity contribution in [2.24, 2.45) is 5.73 Å². The summed E-state index contributed by atoms with van der Waals surface area (Å²) >= 11 is 6.50. The van der Waals surface area contributed by atoms with Crippen molar-refractivity contribution in [2.75, 3.05) is 0 Å². The number of primary amides is 1. The molecule has 2 nitrogen and oxygen atoms in total. The third-order valence-electron chi connectivity index (χ3n) is 4.84. The number of hydrogen-bond acceptors (Lipinski definition) is 1. The van der Waals surface area contributed by atoms with E-state index in [0.717, 1.165) is 34.6 Å². The van der Waals surface area contributed by atoms with E-state index in [4.69, 9.17) is 17.3 Å². The normalized spacial score (nSPS) is 14.4. The molecule has 0 fully saturated rings. The number of rotatable bonds is 2. The van der Waals surface area contributed by atoms with Crippen LogP contribution < -0.4 is 5.73 Å². The molecular formula is C23H18ClNO. The van der Waals surface area contributed by atoms with Crippen LogP contribution in [0.3, 0.4) is 0 Å². The summed E-state index contributed by atoms with van der Waals surface area (Å²) in [5.74, 6) is -0.421. The van der Waals surface area contributed by atoms with Crippen LogP contribution in [0.5, 0.6) is 0 Å². The minimum Gasteiger partial charge on any atom is -0.366 e. The van der Waals surface area contributed by atoms with Gasteiger partial charge in [0.1, 0.15) is 0 Å². The molecule has 0 spiro atoms. The summed E-state index contributed by atoms with van der Waals surface area (Å²) in [7, 11) is 0. The van der Waals surface area contributed by atoms with Crippen LogP contribution in [0.4, 0.5) is 0 Å². The van der Waals surface area contributed by atoms with Gasteiger partial charge >= 0.3 is 0 Å². The van der Waals surface area contributed by atoms with Gasteiger partial charge in [-0.2, -0.15) is 0 Å². The van der Waals surface area contributed by atoms with E-state index in [0.29, 0.717) is 5.56 Å². The molecule has 3 aromatic carbocycles. The molecular weight excluding hydrogens is 342 g/mol. The highest BCUT2D eigenvalue weighted by Gasteiger charge is 2.19. The molecule has 0 atom stereocenters. The number of amides is 1. The van der Waals surface area contributed by atoms with Crippen molar-refractivity contribution < 1.29 is 4.79 Å². The molecule has 1 amide bonds. The van der Waals surface area contributed by atoms with E-state index >= 15 is 0 Å². The Morgan fingerprint density at radius 3 is 2.54 bits per heavy atom. The monoisotopic (exact) mass is 359 g/mol. The average Bonchev–Trinajstić information content (AvgIpc) is 2.81. The van der Waals surface area contributed by atoms with Gasteiger partial charge in [0.25, 0.3) is 0 Å². The third kappa shape index (κ3) is 3.04. The molecule has 1 aliphatic rings. The lowest BCUT2D eigenvalue weighted by Crippen LogP contribution is -2.10. The Kier molecular flexibility index (Phi) is 4.36. The van der Waals surface area contributed by atoms with E-state index in [-0.39, 0.29) is 0 Å². The van der Waals surface area contributed by atoms with Gasteiger partial charge in [0.2, 0.25) is 5.91 Å². The summed E-state index contributed by atoms with van der Waals surface area (Å²) in [6.07, 6.45) is 3.97. The van der Waals surface area contributed by atoms with Gasteiger partial charge in [-0.3, -0.25) is 4.79 Å². The van der Waals surface area contributed by atoms with E-state index < -0.39 is 5.91 Å². The number of carbonyl (C=O) groups excluding carboxylic acids is 1. The number of benzene rings is 3. The Bertz CT molecular complexity index is 1040. The molecule has 0 bridgehead atoms. The molecule has 0 saturated heterocycles. The van der Waals surface area contributed by atoms with Crippen LogP contribution in [0.25, 0.3) is 11.6 Å². The highest BCUT2D eigenvalue weighted by molar-refractivity contribution is 6.31. The van der Waals surface area contributed by atoms with Gasteiger partial charge in [-0.05, 0) is 70.5 Å². The van der Waals surface area contributed by atoms with Gasteiger partial charge in [0.05, 0.1) is 0 Å². The molecule has 2 N–H and O–H groups in total. The number of carbonyl (C=O) groups is 1. The van der Waals surface area contributed by atoms with Crippen molar-refractivity contribution in [1.29, 1.82) is 0 Å². The molecule has 0 unspecified atom stereocenters. The average molecular weight is 360 g/mol. The second-order valence-electron chi connectivity index (χ2n) is 6.47. The van der Waals surface area contributed by atoms with Gasteiger partial charge in [-0.1, -0.05) is 60.1 Å². The van der Waals surface area contributed by atoms with Crippen molar-refractivity contribution in [3.05, 3.63) is 105 Å². The highest BCUT2D eigenvalue weighted by atomic mass is 35.5. The summed E-state index contributed by atoms with van der Waals surface area (Å²) in [5.41, 5.74) is 12.8. The summed E-state index contributed by atoms with van der Waals surface area (Å²) in [6.45, 7) is 0. The number of hydrogen-bond donors (Lipinski definition) is 1. The molecule has 128 valence electrons. The van der Waals surface area contributed by atoms with E-state index in [1.165, 1.54) is 16.7 Å². The second kappa shape index (κ2) is 6.81. The zero-order chi connectivity index (χ0) is 18.1. The fraction of sp³-hybridized carbons (Fsp3) is 0.0870. The quantitative estimate of drug-likeness (QED) is 0.677. The lowest BCUT2D eigenvalue weighted by atomic mass is 9.92. The molecule has 1 aliphatic carbocycles. The van der Waals surface area contributed by atoms with E-state index in [9.17, 15) is 4.79 Å². The van der Waals surface area contributed by atoms with Crippen LogP contribution in [0.1, 0.15) is 38.2 Å². The maximum absolute atomic E-state index is 11.5. The summed E-state index contributed by atoms with van der Waals surface area (Å²) in [6, 6.07) is 21.9. The predicted octanol–water partition coefficient (Wildman–Crippen LogP) is 5.13. The van der Waals surface area contributed by atoms with Crippen molar-refractivity contribution in [3.8, 4) is 0 Å². The van der Waals surface area contributed by atoms with Crippen LogP contribution in [0, 0.1) is 0 Å². The number of fused-ring (bicyclic) bond motifs is 2. The first-order valence-corrected chi connectivity index (χ1v) is 8.99. The molecule has 0 aromatic heterocycles. The smallest absolute Gasteiger partial charge is 0.248 e. The van der Waals surface area contributed by atoms with Crippen LogP contribution in [0.15, 0.2) is 66.7 Å². The van der Waals surface area contributed by atoms with Crippen molar-refractivity contribution >= 4 is 29.2 Å². The van der Waals surface area contributed by atoms with Gasteiger partial charge in [-0.25, -0.2) is 0 Å². The molecule has 26 heavy (non-hydrogen) atoms. The molecule has 0 aliphatic heterocycles. The number of halogens is 1. The van der Waals surface area contributed by atoms with Gasteiger partial charge in [-0.15, -0.1) is 0 Å². The second-order valence-corrected chi connectivity index (χ2v) is 6.88. The molecule has 0 saturated carbocycles. The topological polar surface area (TPSA) is 43.1 Å². The summed E-state index contributed by atoms with van der Waals surface area (Å²) in [4.78, 5) is 11.5. The first-order valence-electron chi connectivity index (χ1n) is 8.61. The Labute approximate surface area is 157 Å². The van der Waals surface area contributed by atoms with Crippen LogP contribution >= 0.6 is 11.6 Å². The summed E-state index contributed by atoms with van der Waals surface area (Å²) < 4.78 is 0.